The van der Waals surface area contributed by atoms with E-state index in [1.807, 2.05) is 45.2 Å². The number of halogens is 1. The highest BCUT2D eigenvalue weighted by Crippen LogP contribution is 2.25. The summed E-state index contributed by atoms with van der Waals surface area (Å²) in [5.74, 6) is -0.135. The predicted molar refractivity (Wildman–Crippen MR) is 115 cm³/mol. The Bertz CT molecular complexity index is 861. The maximum Gasteiger partial charge on any atom is 0.244 e. The quantitative estimate of drug-likeness (QED) is 0.506. The predicted octanol–water partition coefficient (Wildman–Crippen LogP) is 2.67. The molecule has 0 saturated carbocycles. The third-order valence-electron chi connectivity index (χ3n) is 5.24. The van der Waals surface area contributed by atoms with Crippen LogP contribution in [0.25, 0.3) is 10.9 Å². The number of H-pyrrole nitrogens is 1. The number of rotatable bonds is 4. The summed E-state index contributed by atoms with van der Waals surface area (Å²) >= 11 is 2.30. The fourth-order valence-corrected chi connectivity index (χ4v) is 4.43. The van der Waals surface area contributed by atoms with Crippen LogP contribution in [0.2, 0.25) is 0 Å². The van der Waals surface area contributed by atoms with Gasteiger partial charge in [0.1, 0.15) is 6.04 Å². The second kappa shape index (κ2) is 7.79. The van der Waals surface area contributed by atoms with Gasteiger partial charge in [-0.25, -0.2) is 0 Å². The van der Waals surface area contributed by atoms with Crippen LogP contribution in [-0.2, 0) is 16.0 Å². The molecule has 3 unspecified atom stereocenters. The van der Waals surface area contributed by atoms with Crippen molar-refractivity contribution >= 4 is 45.3 Å². The van der Waals surface area contributed by atoms with E-state index in [2.05, 4.69) is 50.4 Å². The lowest BCUT2D eigenvalue weighted by Gasteiger charge is -2.39. The number of fused-ring (bicyclic) bond motifs is 1. The zero-order chi connectivity index (χ0) is 19.8. The third-order valence-corrected chi connectivity index (χ3v) is 6.14. The second-order valence-corrected chi connectivity index (χ2v) is 9.03. The maximum absolute atomic E-state index is 12.9. The molecule has 0 aliphatic carbocycles. The Labute approximate surface area is 173 Å². The molecule has 2 aromatic rings. The molecule has 1 aromatic carbocycles. The average Bonchev–Trinajstić information content (AvgIpc) is 3.01. The highest BCUT2D eigenvalue weighted by Gasteiger charge is 2.37. The lowest BCUT2D eigenvalue weighted by Crippen LogP contribution is -2.69. The van der Waals surface area contributed by atoms with Crippen molar-refractivity contribution < 1.29 is 9.59 Å². The van der Waals surface area contributed by atoms with Crippen molar-refractivity contribution in [3.63, 3.8) is 0 Å². The zero-order valence-corrected chi connectivity index (χ0v) is 18.3. The van der Waals surface area contributed by atoms with E-state index in [0.29, 0.717) is 6.42 Å². The van der Waals surface area contributed by atoms with Gasteiger partial charge in [0.25, 0.3) is 0 Å². The molecular weight excluding hydrogens is 455 g/mol. The molecule has 4 N–H and O–H groups in total. The number of hydrogen-bond donors (Lipinski definition) is 4. The molecule has 1 fully saturated rings. The molecule has 146 valence electrons. The first-order chi connectivity index (χ1) is 12.7. The molecule has 2 amide bonds. The summed E-state index contributed by atoms with van der Waals surface area (Å²) in [4.78, 5) is 29.0. The summed E-state index contributed by atoms with van der Waals surface area (Å²) in [6.45, 7) is 7.90. The van der Waals surface area contributed by atoms with Crippen LogP contribution < -0.4 is 16.0 Å². The number of amides is 2. The van der Waals surface area contributed by atoms with Gasteiger partial charge in [0.2, 0.25) is 11.8 Å². The van der Waals surface area contributed by atoms with Crippen LogP contribution in [0.3, 0.4) is 0 Å². The molecule has 1 saturated heterocycles. The van der Waals surface area contributed by atoms with Crippen LogP contribution in [0.4, 0.5) is 0 Å². The van der Waals surface area contributed by atoms with Crippen LogP contribution >= 0.6 is 22.6 Å². The molecule has 7 heteroatoms. The van der Waals surface area contributed by atoms with Gasteiger partial charge in [-0.3, -0.25) is 14.9 Å². The van der Waals surface area contributed by atoms with Gasteiger partial charge < -0.3 is 15.6 Å². The van der Waals surface area contributed by atoms with Gasteiger partial charge in [0.05, 0.1) is 11.7 Å². The van der Waals surface area contributed by atoms with E-state index in [1.54, 1.807) is 0 Å². The Kier molecular flexibility index (Phi) is 5.81. The maximum atomic E-state index is 12.9. The van der Waals surface area contributed by atoms with Gasteiger partial charge in [0, 0.05) is 27.1 Å². The van der Waals surface area contributed by atoms with E-state index in [4.69, 9.17) is 0 Å². The Morgan fingerprint density at radius 2 is 1.96 bits per heavy atom. The van der Waals surface area contributed by atoms with E-state index in [1.165, 1.54) is 0 Å². The zero-order valence-electron chi connectivity index (χ0n) is 16.2. The number of aromatic amines is 1. The average molecular weight is 482 g/mol. The largest absolute Gasteiger partial charge is 0.361 e. The molecule has 1 aliphatic rings. The van der Waals surface area contributed by atoms with Crippen LogP contribution in [0, 0.1) is 9.49 Å². The number of benzene rings is 1. The molecule has 0 radical (unpaired) electrons. The molecule has 3 atom stereocenters. The Hall–Kier alpha value is -1.61. The summed E-state index contributed by atoms with van der Waals surface area (Å²) in [6.07, 6.45) is 3.25. The molecule has 0 bridgehead atoms. The lowest BCUT2D eigenvalue weighted by molar-refractivity contribution is -0.135. The Morgan fingerprint density at radius 1 is 1.22 bits per heavy atom. The molecular formula is C20H27IN4O2. The minimum absolute atomic E-state index is 0.119. The highest BCUT2D eigenvalue weighted by atomic mass is 127. The molecule has 3 rings (SSSR count). The number of carbonyl (C=O) groups is 2. The van der Waals surface area contributed by atoms with E-state index in [9.17, 15) is 9.59 Å². The van der Waals surface area contributed by atoms with Crippen LogP contribution in [0.1, 0.15) is 39.7 Å². The van der Waals surface area contributed by atoms with Gasteiger partial charge in [-0.2, -0.15) is 0 Å². The van der Waals surface area contributed by atoms with Crippen LogP contribution in [0.15, 0.2) is 24.4 Å². The van der Waals surface area contributed by atoms with Crippen LogP contribution in [0.5, 0.6) is 0 Å². The van der Waals surface area contributed by atoms with Gasteiger partial charge >= 0.3 is 0 Å². The number of nitrogens with one attached hydrogen (secondary N) is 4. The lowest BCUT2D eigenvalue weighted by atomic mass is 9.94. The third kappa shape index (κ3) is 4.29. The van der Waals surface area contributed by atoms with E-state index in [0.717, 1.165) is 26.5 Å². The van der Waals surface area contributed by atoms with Crippen molar-refractivity contribution in [2.45, 2.75) is 58.3 Å². The smallest absolute Gasteiger partial charge is 0.244 e. The summed E-state index contributed by atoms with van der Waals surface area (Å²) in [5, 5.41) is 10.4. The Balaban J connectivity index is 1.91. The summed E-state index contributed by atoms with van der Waals surface area (Å²) in [7, 11) is 0. The Morgan fingerprint density at radius 3 is 2.67 bits per heavy atom. The minimum Gasteiger partial charge on any atom is -0.361 e. The van der Waals surface area contributed by atoms with Crippen LogP contribution in [-0.4, -0.2) is 34.5 Å². The number of carbonyl (C=O) groups excluding carboxylic acids is 2. The molecule has 6 nitrogen and oxygen atoms in total. The van der Waals surface area contributed by atoms with Gasteiger partial charge in [-0.1, -0.05) is 26.3 Å². The number of aromatic nitrogens is 1. The topological polar surface area (TPSA) is 86.0 Å². The molecule has 27 heavy (non-hydrogen) atoms. The van der Waals surface area contributed by atoms with Crippen molar-refractivity contribution in [2.24, 2.45) is 5.92 Å². The molecule has 1 aliphatic heterocycles. The minimum atomic E-state index is -0.657. The normalized spacial score (nSPS) is 24.0. The fraction of sp³-hybridized carbons (Fsp3) is 0.500. The second-order valence-electron chi connectivity index (χ2n) is 7.86. The SMILES string of the molecule is CCC(C)C1NC(C)(C)NC(=O)C(Cc2c[nH]c3cccc(I)c23)NC1=O. The summed E-state index contributed by atoms with van der Waals surface area (Å²) in [5.41, 5.74) is 1.41. The van der Waals surface area contributed by atoms with Crippen molar-refractivity contribution in [1.29, 1.82) is 0 Å². The van der Waals surface area contributed by atoms with Crippen molar-refractivity contribution in [3.05, 3.63) is 33.5 Å². The van der Waals surface area contributed by atoms with Gasteiger partial charge in [0.15, 0.2) is 0 Å². The van der Waals surface area contributed by atoms with Crippen molar-refractivity contribution in [2.75, 3.05) is 0 Å². The van der Waals surface area contributed by atoms with Crippen molar-refractivity contribution in [1.82, 2.24) is 20.9 Å². The monoisotopic (exact) mass is 482 g/mol. The highest BCUT2D eigenvalue weighted by molar-refractivity contribution is 14.1. The summed E-state index contributed by atoms with van der Waals surface area (Å²) < 4.78 is 1.12. The molecule has 0 spiro atoms. The van der Waals surface area contributed by atoms with E-state index in [-0.39, 0.29) is 23.8 Å². The first kappa shape index (κ1) is 20.1. The fourth-order valence-electron chi connectivity index (χ4n) is 3.58. The number of hydrogen-bond acceptors (Lipinski definition) is 3. The van der Waals surface area contributed by atoms with E-state index < -0.39 is 11.7 Å². The van der Waals surface area contributed by atoms with E-state index >= 15 is 0 Å². The standard InChI is InChI=1S/C20H27IN4O2/c1-5-11(2)17-19(27)23-15(18(26)25-20(3,4)24-17)9-12-10-22-14-8-6-7-13(21)16(12)14/h6-8,10-11,15,17,22,24H,5,9H2,1-4H3,(H,23,27)(H,25,26). The molecule has 2 heterocycles. The van der Waals surface area contributed by atoms with Gasteiger partial charge in [-0.15, -0.1) is 0 Å². The van der Waals surface area contributed by atoms with Crippen molar-refractivity contribution in [3.8, 4) is 0 Å². The molecule has 1 aromatic heterocycles. The van der Waals surface area contributed by atoms with Gasteiger partial charge in [-0.05, 0) is 60.1 Å². The first-order valence-electron chi connectivity index (χ1n) is 9.36. The summed E-state index contributed by atoms with van der Waals surface area (Å²) in [6, 6.07) is 5.10. The first-order valence-corrected chi connectivity index (χ1v) is 10.4.